The van der Waals surface area contributed by atoms with E-state index < -0.39 is 5.91 Å². The van der Waals surface area contributed by atoms with Crippen LogP contribution < -0.4 is 10.2 Å². The van der Waals surface area contributed by atoms with Gasteiger partial charge in [-0.15, -0.1) is 0 Å². The minimum absolute atomic E-state index is 0.186. The predicted octanol–water partition coefficient (Wildman–Crippen LogP) is 3.18. The molecule has 2 aromatic carbocycles. The highest BCUT2D eigenvalue weighted by atomic mass is 127. The molecule has 0 bridgehead atoms. The van der Waals surface area contributed by atoms with E-state index in [4.69, 9.17) is 16.3 Å². The standard InChI is InChI=1S/C15H12ClIN2O3/c16-11-3-1-2-4-14(11)22-9-15(21)19-18-8-10-5-6-13(20)12(17)7-10/h1-8,20H,9H2,(H,19,21)/b18-8+. The summed E-state index contributed by atoms with van der Waals surface area (Å²) < 4.78 is 5.99. The highest BCUT2D eigenvalue weighted by Crippen LogP contribution is 2.22. The van der Waals surface area contributed by atoms with E-state index in [2.05, 4.69) is 10.5 Å². The highest BCUT2D eigenvalue weighted by Gasteiger charge is 2.04. The monoisotopic (exact) mass is 430 g/mol. The van der Waals surface area contributed by atoms with Crippen molar-refractivity contribution < 1.29 is 14.6 Å². The van der Waals surface area contributed by atoms with Crippen molar-refractivity contribution in [3.63, 3.8) is 0 Å². The summed E-state index contributed by atoms with van der Waals surface area (Å²) in [4.78, 5) is 11.6. The van der Waals surface area contributed by atoms with Crippen LogP contribution in [0.5, 0.6) is 11.5 Å². The van der Waals surface area contributed by atoms with Gasteiger partial charge in [0.1, 0.15) is 11.5 Å². The Bertz CT molecular complexity index is 707. The minimum Gasteiger partial charge on any atom is -0.507 e. The molecular weight excluding hydrogens is 419 g/mol. The Labute approximate surface area is 146 Å². The van der Waals surface area contributed by atoms with Crippen molar-refractivity contribution in [1.29, 1.82) is 0 Å². The fourth-order valence-corrected chi connectivity index (χ4v) is 2.25. The lowest BCUT2D eigenvalue weighted by Crippen LogP contribution is -2.24. The Balaban J connectivity index is 1.83. The van der Waals surface area contributed by atoms with Gasteiger partial charge in [-0.3, -0.25) is 4.79 Å². The number of hydrogen-bond acceptors (Lipinski definition) is 4. The van der Waals surface area contributed by atoms with E-state index in [-0.39, 0.29) is 12.4 Å². The lowest BCUT2D eigenvalue weighted by molar-refractivity contribution is -0.123. The Morgan fingerprint density at radius 3 is 2.86 bits per heavy atom. The van der Waals surface area contributed by atoms with Gasteiger partial charge in [-0.05, 0) is 58.5 Å². The Hall–Kier alpha value is -1.80. The second-order valence-corrected chi connectivity index (χ2v) is 5.79. The maximum absolute atomic E-state index is 11.6. The fourth-order valence-electron chi connectivity index (χ4n) is 1.52. The van der Waals surface area contributed by atoms with E-state index in [9.17, 15) is 9.90 Å². The second kappa shape index (κ2) is 8.00. The molecule has 0 saturated heterocycles. The van der Waals surface area contributed by atoms with Crippen molar-refractivity contribution in [2.24, 2.45) is 5.10 Å². The van der Waals surface area contributed by atoms with Gasteiger partial charge in [0.05, 0.1) is 14.8 Å². The van der Waals surface area contributed by atoms with Crippen LogP contribution in [0.25, 0.3) is 0 Å². The van der Waals surface area contributed by atoms with Crippen molar-refractivity contribution in [1.82, 2.24) is 5.43 Å². The van der Waals surface area contributed by atoms with Crippen molar-refractivity contribution >= 4 is 46.3 Å². The summed E-state index contributed by atoms with van der Waals surface area (Å²) in [6.07, 6.45) is 1.48. The van der Waals surface area contributed by atoms with E-state index in [1.54, 1.807) is 42.5 Å². The van der Waals surface area contributed by atoms with Crippen molar-refractivity contribution in [2.75, 3.05) is 6.61 Å². The molecule has 0 aromatic heterocycles. The molecule has 0 atom stereocenters. The largest absolute Gasteiger partial charge is 0.507 e. The molecular formula is C15H12ClIN2O3. The van der Waals surface area contributed by atoms with Gasteiger partial charge >= 0.3 is 0 Å². The normalized spacial score (nSPS) is 10.6. The lowest BCUT2D eigenvalue weighted by Gasteiger charge is -2.06. The Kier molecular flexibility index (Phi) is 6.02. The number of hydrazone groups is 1. The summed E-state index contributed by atoms with van der Waals surface area (Å²) in [5.41, 5.74) is 3.11. The number of nitrogens with zero attached hydrogens (tertiary/aromatic N) is 1. The molecule has 114 valence electrons. The summed E-state index contributed by atoms with van der Waals surface area (Å²) in [5.74, 6) is 0.246. The molecule has 1 amide bonds. The van der Waals surface area contributed by atoms with E-state index >= 15 is 0 Å². The van der Waals surface area contributed by atoms with Gasteiger partial charge in [0.2, 0.25) is 0 Å². The topological polar surface area (TPSA) is 70.9 Å². The number of aromatic hydroxyl groups is 1. The van der Waals surface area contributed by atoms with E-state index in [1.807, 2.05) is 22.6 Å². The first kappa shape index (κ1) is 16.6. The lowest BCUT2D eigenvalue weighted by atomic mass is 10.2. The predicted molar refractivity (Wildman–Crippen MR) is 93.5 cm³/mol. The number of nitrogens with one attached hydrogen (secondary N) is 1. The third kappa shape index (κ3) is 4.88. The van der Waals surface area contributed by atoms with Crippen LogP contribution >= 0.6 is 34.2 Å². The minimum atomic E-state index is -0.398. The SMILES string of the molecule is O=C(COc1ccccc1Cl)N/N=C/c1ccc(O)c(I)c1. The summed E-state index contributed by atoms with van der Waals surface area (Å²) >= 11 is 7.92. The molecule has 0 heterocycles. The average Bonchev–Trinajstić information content (AvgIpc) is 2.50. The number of para-hydroxylation sites is 1. The number of halogens is 2. The van der Waals surface area contributed by atoms with E-state index in [0.29, 0.717) is 14.3 Å². The molecule has 5 nitrogen and oxygen atoms in total. The van der Waals surface area contributed by atoms with Crippen molar-refractivity contribution in [3.8, 4) is 11.5 Å². The van der Waals surface area contributed by atoms with Gasteiger partial charge in [0.25, 0.3) is 5.91 Å². The van der Waals surface area contributed by atoms with Crippen LogP contribution in [0.2, 0.25) is 5.02 Å². The Morgan fingerprint density at radius 1 is 1.36 bits per heavy atom. The van der Waals surface area contributed by atoms with E-state index in [1.165, 1.54) is 6.21 Å². The maximum Gasteiger partial charge on any atom is 0.277 e. The van der Waals surface area contributed by atoms with Crippen molar-refractivity contribution in [2.45, 2.75) is 0 Å². The Morgan fingerprint density at radius 2 is 2.14 bits per heavy atom. The van der Waals surface area contributed by atoms with Crippen molar-refractivity contribution in [3.05, 3.63) is 56.6 Å². The van der Waals surface area contributed by atoms with Crippen LogP contribution in [0.15, 0.2) is 47.6 Å². The molecule has 0 radical (unpaired) electrons. The van der Waals surface area contributed by atoms with Crippen LogP contribution in [0.3, 0.4) is 0 Å². The average molecular weight is 431 g/mol. The molecule has 2 rings (SSSR count). The van der Waals surface area contributed by atoms with E-state index in [0.717, 1.165) is 5.56 Å². The van der Waals surface area contributed by atoms with Gasteiger partial charge in [-0.25, -0.2) is 5.43 Å². The molecule has 0 aliphatic carbocycles. The second-order valence-electron chi connectivity index (χ2n) is 4.22. The summed E-state index contributed by atoms with van der Waals surface area (Å²) in [7, 11) is 0. The number of carbonyl (C=O) groups is 1. The number of benzene rings is 2. The summed E-state index contributed by atoms with van der Waals surface area (Å²) in [6.45, 7) is -0.186. The number of phenols is 1. The van der Waals surface area contributed by atoms with Crippen LogP contribution in [0, 0.1) is 3.57 Å². The zero-order valence-electron chi connectivity index (χ0n) is 11.3. The molecule has 22 heavy (non-hydrogen) atoms. The molecule has 0 aliphatic rings. The number of carbonyl (C=O) groups excluding carboxylic acids is 1. The highest BCUT2D eigenvalue weighted by molar-refractivity contribution is 14.1. The van der Waals surface area contributed by atoms with Gasteiger partial charge < -0.3 is 9.84 Å². The molecule has 2 aromatic rings. The smallest absolute Gasteiger partial charge is 0.277 e. The zero-order valence-corrected chi connectivity index (χ0v) is 14.2. The van der Waals surface area contributed by atoms with Gasteiger partial charge in [-0.1, -0.05) is 23.7 Å². The maximum atomic E-state index is 11.6. The first-order chi connectivity index (χ1) is 10.6. The van der Waals surface area contributed by atoms with Gasteiger partial charge in [-0.2, -0.15) is 5.10 Å². The molecule has 0 aliphatic heterocycles. The first-order valence-electron chi connectivity index (χ1n) is 6.24. The number of hydrogen-bond donors (Lipinski definition) is 2. The quantitative estimate of drug-likeness (QED) is 0.435. The molecule has 0 saturated carbocycles. The number of rotatable bonds is 5. The van der Waals surface area contributed by atoms with Gasteiger partial charge in [0.15, 0.2) is 6.61 Å². The van der Waals surface area contributed by atoms with Crippen LogP contribution in [-0.2, 0) is 4.79 Å². The first-order valence-corrected chi connectivity index (χ1v) is 7.69. The zero-order chi connectivity index (χ0) is 15.9. The molecule has 0 fully saturated rings. The van der Waals surface area contributed by atoms with Crippen LogP contribution in [0.4, 0.5) is 0 Å². The van der Waals surface area contributed by atoms with Crippen LogP contribution in [0.1, 0.15) is 5.56 Å². The third-order valence-electron chi connectivity index (χ3n) is 2.57. The number of amides is 1. The van der Waals surface area contributed by atoms with Crippen LogP contribution in [-0.4, -0.2) is 23.8 Å². The fraction of sp³-hybridized carbons (Fsp3) is 0.0667. The number of ether oxygens (including phenoxy) is 1. The molecule has 0 spiro atoms. The molecule has 7 heteroatoms. The number of phenolic OH excluding ortho intramolecular Hbond substituents is 1. The molecule has 0 unspecified atom stereocenters. The van der Waals surface area contributed by atoms with Gasteiger partial charge in [0, 0.05) is 0 Å². The molecule has 2 N–H and O–H groups in total. The summed E-state index contributed by atoms with van der Waals surface area (Å²) in [6, 6.07) is 11.9. The summed E-state index contributed by atoms with van der Waals surface area (Å²) in [5, 5.41) is 13.7. The third-order valence-corrected chi connectivity index (χ3v) is 3.75.